The van der Waals surface area contributed by atoms with Gasteiger partial charge < -0.3 is 9.64 Å². The first-order valence-corrected chi connectivity index (χ1v) is 12.0. The van der Waals surface area contributed by atoms with E-state index in [0.717, 1.165) is 47.8 Å². The fourth-order valence-corrected chi connectivity index (χ4v) is 5.31. The summed E-state index contributed by atoms with van der Waals surface area (Å²) < 4.78 is 5.24. The van der Waals surface area contributed by atoms with Crippen LogP contribution >= 0.6 is 0 Å². The molecule has 5 rings (SSSR count). The lowest BCUT2D eigenvalue weighted by atomic mass is 9.85. The summed E-state index contributed by atoms with van der Waals surface area (Å²) in [5.74, 6) is 0.725. The number of carbonyl (C=O) groups is 2. The molecule has 0 saturated carbocycles. The minimum atomic E-state index is -0.756. The van der Waals surface area contributed by atoms with Gasteiger partial charge in [0.2, 0.25) is 0 Å². The van der Waals surface area contributed by atoms with E-state index in [0.29, 0.717) is 25.8 Å². The van der Waals surface area contributed by atoms with E-state index in [1.165, 1.54) is 4.90 Å². The molecule has 8 heteroatoms. The van der Waals surface area contributed by atoms with E-state index in [1.807, 2.05) is 53.6 Å². The predicted molar refractivity (Wildman–Crippen MR) is 133 cm³/mol. The van der Waals surface area contributed by atoms with Gasteiger partial charge in [0.05, 0.1) is 19.0 Å². The number of likely N-dealkylation sites (tertiary alicyclic amines) is 1. The van der Waals surface area contributed by atoms with Gasteiger partial charge in [0.15, 0.2) is 0 Å². The number of nitrogens with zero attached hydrogens (tertiary/aromatic N) is 4. The maximum Gasteiger partial charge on any atom is 0.327 e. The third-order valence-corrected chi connectivity index (χ3v) is 7.38. The smallest absolute Gasteiger partial charge is 0.327 e. The Bertz CT molecular complexity index is 1180. The average molecular weight is 474 g/mol. The van der Waals surface area contributed by atoms with Crippen LogP contribution in [0.3, 0.4) is 0 Å². The van der Waals surface area contributed by atoms with E-state index in [2.05, 4.69) is 27.2 Å². The number of piperidine rings is 1. The van der Waals surface area contributed by atoms with E-state index in [1.54, 1.807) is 14.2 Å². The van der Waals surface area contributed by atoms with Gasteiger partial charge in [0.25, 0.3) is 5.91 Å². The first-order chi connectivity index (χ1) is 17.0. The number of methoxy groups -OCH3 is 1. The number of H-pyrrole nitrogens is 1. The molecule has 3 heterocycles. The zero-order valence-electron chi connectivity index (χ0n) is 20.2. The van der Waals surface area contributed by atoms with Gasteiger partial charge in [-0.2, -0.15) is 5.10 Å². The third kappa shape index (κ3) is 4.30. The van der Waals surface area contributed by atoms with Crippen molar-refractivity contribution in [3.05, 3.63) is 71.9 Å². The molecule has 0 aliphatic carbocycles. The standard InChI is InChI=1S/C27H31N5O3/c1-30-25(33)27(32(26(30)34)15-12-20-8-10-23(35-2)11-9-20)13-16-31(17-14-27)19-22-18-28-29-24(22)21-6-4-3-5-7-21/h3-11,18H,12-17,19H2,1-2H3,(H,28,29). The van der Waals surface area contributed by atoms with Crippen LogP contribution < -0.4 is 4.74 Å². The summed E-state index contributed by atoms with van der Waals surface area (Å²) in [6, 6.07) is 17.8. The summed E-state index contributed by atoms with van der Waals surface area (Å²) >= 11 is 0. The van der Waals surface area contributed by atoms with Crippen LogP contribution in [-0.2, 0) is 17.8 Å². The van der Waals surface area contributed by atoms with Crippen LogP contribution in [-0.4, -0.2) is 76.2 Å². The molecule has 8 nitrogen and oxygen atoms in total. The van der Waals surface area contributed by atoms with E-state index in [9.17, 15) is 9.59 Å². The van der Waals surface area contributed by atoms with E-state index >= 15 is 0 Å². The van der Waals surface area contributed by atoms with E-state index in [-0.39, 0.29) is 11.9 Å². The Labute approximate surface area is 205 Å². The van der Waals surface area contributed by atoms with Gasteiger partial charge in [-0.1, -0.05) is 42.5 Å². The van der Waals surface area contributed by atoms with Crippen LogP contribution in [0, 0.1) is 0 Å². The summed E-state index contributed by atoms with van der Waals surface area (Å²) in [5, 5.41) is 7.40. The Morgan fingerprint density at radius 3 is 2.43 bits per heavy atom. The Morgan fingerprint density at radius 1 is 1.03 bits per heavy atom. The fraction of sp³-hybridized carbons (Fsp3) is 0.370. The predicted octanol–water partition coefficient (Wildman–Crippen LogP) is 3.56. The van der Waals surface area contributed by atoms with Gasteiger partial charge in [0, 0.05) is 38.8 Å². The van der Waals surface area contributed by atoms with Gasteiger partial charge >= 0.3 is 6.03 Å². The molecule has 3 amide bonds. The first-order valence-electron chi connectivity index (χ1n) is 12.0. The van der Waals surface area contributed by atoms with Crippen LogP contribution in [0.2, 0.25) is 0 Å². The van der Waals surface area contributed by atoms with Crippen molar-refractivity contribution >= 4 is 11.9 Å². The first kappa shape index (κ1) is 23.1. The van der Waals surface area contributed by atoms with Gasteiger partial charge in [-0.25, -0.2) is 4.79 Å². The molecule has 2 aromatic carbocycles. The molecule has 1 N–H and O–H groups in total. The maximum absolute atomic E-state index is 13.3. The van der Waals surface area contributed by atoms with Gasteiger partial charge in [-0.05, 0) is 42.5 Å². The second-order valence-corrected chi connectivity index (χ2v) is 9.34. The molecule has 1 spiro atoms. The molecule has 0 atom stereocenters. The number of imide groups is 1. The number of ether oxygens (including phenoxy) is 1. The second-order valence-electron chi connectivity index (χ2n) is 9.34. The average Bonchev–Trinajstić information content (AvgIpc) is 3.43. The highest BCUT2D eigenvalue weighted by atomic mass is 16.5. The summed E-state index contributed by atoms with van der Waals surface area (Å²) in [6.07, 6.45) is 3.83. The van der Waals surface area contributed by atoms with E-state index < -0.39 is 5.54 Å². The van der Waals surface area contributed by atoms with Crippen LogP contribution in [0.5, 0.6) is 5.75 Å². The van der Waals surface area contributed by atoms with Crippen LogP contribution in [0.1, 0.15) is 24.0 Å². The number of nitrogens with one attached hydrogen (secondary N) is 1. The molecule has 2 saturated heterocycles. The Kier molecular flexibility index (Phi) is 6.30. The van der Waals surface area contributed by atoms with Crippen molar-refractivity contribution in [2.75, 3.05) is 33.8 Å². The summed E-state index contributed by atoms with van der Waals surface area (Å²) in [4.78, 5) is 31.8. The Hall–Kier alpha value is -3.65. The van der Waals surface area contributed by atoms with Crippen molar-refractivity contribution in [2.45, 2.75) is 31.3 Å². The molecular formula is C27H31N5O3. The molecule has 2 aliphatic rings. The quantitative estimate of drug-likeness (QED) is 0.531. The van der Waals surface area contributed by atoms with Crippen molar-refractivity contribution in [3.63, 3.8) is 0 Å². The number of hydrogen-bond acceptors (Lipinski definition) is 5. The lowest BCUT2D eigenvalue weighted by Gasteiger charge is -2.42. The SMILES string of the molecule is COc1ccc(CCN2C(=O)N(C)C(=O)C23CCN(Cc2cn[nH]c2-c2ccccc2)CC3)cc1. The largest absolute Gasteiger partial charge is 0.497 e. The van der Waals surface area contributed by atoms with Crippen LogP contribution in [0.15, 0.2) is 60.8 Å². The van der Waals surface area contributed by atoms with Gasteiger partial charge in [-0.3, -0.25) is 19.7 Å². The van der Waals surface area contributed by atoms with Gasteiger partial charge in [-0.15, -0.1) is 0 Å². The van der Waals surface area contributed by atoms with Crippen molar-refractivity contribution in [1.29, 1.82) is 0 Å². The number of rotatable bonds is 7. The minimum Gasteiger partial charge on any atom is -0.497 e. The number of amides is 3. The number of aromatic nitrogens is 2. The fourth-order valence-electron chi connectivity index (χ4n) is 5.31. The van der Waals surface area contributed by atoms with Crippen LogP contribution in [0.4, 0.5) is 4.79 Å². The number of benzene rings is 2. The number of carbonyl (C=O) groups excluding carboxylic acids is 2. The highest BCUT2D eigenvalue weighted by Gasteiger charge is 2.56. The molecule has 0 unspecified atom stereocenters. The summed E-state index contributed by atoms with van der Waals surface area (Å²) in [5.41, 5.74) is 3.62. The van der Waals surface area contributed by atoms with Crippen molar-refractivity contribution in [1.82, 2.24) is 24.9 Å². The number of aromatic amines is 1. The van der Waals surface area contributed by atoms with Gasteiger partial charge in [0.1, 0.15) is 11.3 Å². The third-order valence-electron chi connectivity index (χ3n) is 7.38. The van der Waals surface area contributed by atoms with E-state index in [4.69, 9.17) is 4.74 Å². The van der Waals surface area contributed by atoms with Crippen LogP contribution in [0.25, 0.3) is 11.3 Å². The highest BCUT2D eigenvalue weighted by Crippen LogP contribution is 2.37. The van der Waals surface area contributed by atoms with Crippen molar-refractivity contribution < 1.29 is 14.3 Å². The molecule has 0 radical (unpaired) electrons. The zero-order chi connectivity index (χ0) is 24.4. The molecule has 35 heavy (non-hydrogen) atoms. The molecule has 2 aliphatic heterocycles. The monoisotopic (exact) mass is 473 g/mol. The number of hydrogen-bond donors (Lipinski definition) is 1. The summed E-state index contributed by atoms with van der Waals surface area (Å²) in [6.45, 7) is 2.75. The molecule has 3 aromatic rings. The Morgan fingerprint density at radius 2 is 1.74 bits per heavy atom. The lowest BCUT2D eigenvalue weighted by molar-refractivity contribution is -0.134. The lowest BCUT2D eigenvalue weighted by Crippen LogP contribution is -2.56. The molecular weight excluding hydrogens is 442 g/mol. The number of likely N-dealkylation sites (N-methyl/N-ethyl adjacent to an activating group) is 1. The second kappa shape index (κ2) is 9.54. The molecule has 1 aromatic heterocycles. The summed E-state index contributed by atoms with van der Waals surface area (Å²) in [7, 11) is 3.24. The normalized spacial score (nSPS) is 18.0. The number of urea groups is 1. The topological polar surface area (TPSA) is 81.8 Å². The zero-order valence-corrected chi connectivity index (χ0v) is 20.2. The minimum absolute atomic E-state index is 0.0785. The molecule has 2 fully saturated rings. The maximum atomic E-state index is 13.3. The molecule has 0 bridgehead atoms. The molecule has 182 valence electrons. The van der Waals surface area contributed by atoms with Crippen molar-refractivity contribution in [2.24, 2.45) is 0 Å². The van der Waals surface area contributed by atoms with Crippen molar-refractivity contribution in [3.8, 4) is 17.0 Å². The Balaban J connectivity index is 1.27. The highest BCUT2D eigenvalue weighted by molar-refractivity contribution is 6.06.